The van der Waals surface area contributed by atoms with Crippen LogP contribution in [0.15, 0.2) is 41.9 Å². The first-order valence-electron chi connectivity index (χ1n) is 11.9. The Kier molecular flexibility index (Phi) is 6.19. The molecule has 1 saturated heterocycles. The molecule has 2 aromatic heterocycles. The van der Waals surface area contributed by atoms with Gasteiger partial charge in [-0.2, -0.15) is 5.10 Å². The SMILES string of the molecule is Cc1c(CN2C(=O)c3cccc(N4CCCC(C(=O)NC(C)c5cccs5)C4)c3C2=O)cnn1C. The first kappa shape index (κ1) is 23.3. The monoisotopic (exact) mass is 491 g/mol. The second kappa shape index (κ2) is 9.30. The van der Waals surface area contributed by atoms with E-state index in [1.807, 2.05) is 50.5 Å². The van der Waals surface area contributed by atoms with Crippen LogP contribution in [-0.4, -0.2) is 45.5 Å². The number of nitrogens with one attached hydrogen (secondary N) is 1. The summed E-state index contributed by atoms with van der Waals surface area (Å²) in [6.07, 6.45) is 3.34. The van der Waals surface area contributed by atoms with Gasteiger partial charge in [0.25, 0.3) is 11.8 Å². The standard InChI is InChI=1S/C26H29N5O3S/c1-16(22-10-6-12-35-22)28-24(32)18-7-5-11-30(14-18)21-9-4-8-20-23(21)26(34)31(25(20)33)15-19-13-27-29(3)17(19)2/h4,6,8-10,12-13,16,18H,5,7,11,14-15H2,1-3H3,(H,28,32). The van der Waals surface area contributed by atoms with Crippen LogP contribution < -0.4 is 10.2 Å². The smallest absolute Gasteiger partial charge is 0.263 e. The quantitative estimate of drug-likeness (QED) is 0.532. The Morgan fingerprint density at radius 3 is 2.77 bits per heavy atom. The first-order chi connectivity index (χ1) is 16.8. The van der Waals surface area contributed by atoms with E-state index in [1.54, 1.807) is 28.3 Å². The molecule has 2 aliphatic rings. The number of piperidine rings is 1. The highest BCUT2D eigenvalue weighted by atomic mass is 32.1. The van der Waals surface area contributed by atoms with Crippen molar-refractivity contribution in [1.29, 1.82) is 0 Å². The van der Waals surface area contributed by atoms with E-state index in [1.165, 1.54) is 4.90 Å². The van der Waals surface area contributed by atoms with Crippen molar-refractivity contribution < 1.29 is 14.4 Å². The Bertz CT molecular complexity index is 1280. The summed E-state index contributed by atoms with van der Waals surface area (Å²) in [5.74, 6) is -0.726. The van der Waals surface area contributed by atoms with Crippen molar-refractivity contribution in [3.8, 4) is 0 Å². The Balaban J connectivity index is 1.35. The van der Waals surface area contributed by atoms with Crippen molar-refractivity contribution in [2.75, 3.05) is 18.0 Å². The van der Waals surface area contributed by atoms with E-state index >= 15 is 0 Å². The fourth-order valence-corrected chi connectivity index (χ4v) is 5.68. The van der Waals surface area contributed by atoms with Crippen molar-refractivity contribution >= 4 is 34.7 Å². The fourth-order valence-electron chi connectivity index (χ4n) is 4.94. The summed E-state index contributed by atoms with van der Waals surface area (Å²) in [6.45, 7) is 5.37. The summed E-state index contributed by atoms with van der Waals surface area (Å²) >= 11 is 1.63. The number of fused-ring (bicyclic) bond motifs is 1. The lowest BCUT2D eigenvalue weighted by molar-refractivity contribution is -0.125. The van der Waals surface area contributed by atoms with Crippen molar-refractivity contribution in [1.82, 2.24) is 20.0 Å². The molecule has 0 bridgehead atoms. The molecule has 5 rings (SSSR count). The molecule has 2 aliphatic heterocycles. The number of benzene rings is 1. The molecule has 1 N–H and O–H groups in total. The van der Waals surface area contributed by atoms with Crippen molar-refractivity contribution in [2.24, 2.45) is 13.0 Å². The summed E-state index contributed by atoms with van der Waals surface area (Å²) in [5.41, 5.74) is 3.36. The molecule has 0 radical (unpaired) electrons. The Labute approximate surface area is 208 Å². The van der Waals surface area contributed by atoms with Gasteiger partial charge in [-0.25, -0.2) is 0 Å². The number of amides is 3. The molecule has 182 valence electrons. The number of anilines is 1. The molecule has 35 heavy (non-hydrogen) atoms. The number of carbonyl (C=O) groups excluding carboxylic acids is 3. The largest absolute Gasteiger partial charge is 0.370 e. The summed E-state index contributed by atoms with van der Waals surface area (Å²) in [5, 5.41) is 9.38. The third-order valence-corrected chi connectivity index (χ3v) is 8.16. The van der Waals surface area contributed by atoms with Crippen molar-refractivity contribution in [3.05, 3.63) is 69.2 Å². The van der Waals surface area contributed by atoms with Crippen LogP contribution in [0.5, 0.6) is 0 Å². The minimum atomic E-state index is -0.290. The second-order valence-electron chi connectivity index (χ2n) is 9.31. The Hall–Kier alpha value is -3.46. The van der Waals surface area contributed by atoms with Crippen LogP contribution in [0.4, 0.5) is 5.69 Å². The zero-order valence-corrected chi connectivity index (χ0v) is 21.0. The van der Waals surface area contributed by atoms with Gasteiger partial charge < -0.3 is 10.2 Å². The van der Waals surface area contributed by atoms with Gasteiger partial charge in [-0.1, -0.05) is 12.1 Å². The van der Waals surface area contributed by atoms with E-state index in [4.69, 9.17) is 0 Å². The minimum absolute atomic E-state index is 0.0271. The normalized spacial score (nSPS) is 18.7. The van der Waals surface area contributed by atoms with Crippen molar-refractivity contribution in [2.45, 2.75) is 39.3 Å². The number of hydrogen-bond acceptors (Lipinski definition) is 6. The zero-order valence-electron chi connectivity index (χ0n) is 20.2. The predicted molar refractivity (Wildman–Crippen MR) is 134 cm³/mol. The molecule has 8 nitrogen and oxygen atoms in total. The molecule has 9 heteroatoms. The molecule has 0 saturated carbocycles. The molecule has 1 fully saturated rings. The molecule has 2 atom stereocenters. The fraction of sp³-hybridized carbons (Fsp3) is 0.385. The lowest BCUT2D eigenvalue weighted by Crippen LogP contribution is -2.44. The zero-order chi connectivity index (χ0) is 24.7. The predicted octanol–water partition coefficient (Wildman–Crippen LogP) is 3.68. The maximum Gasteiger partial charge on any atom is 0.263 e. The van der Waals surface area contributed by atoms with E-state index < -0.39 is 0 Å². The average Bonchev–Trinajstić information content (AvgIpc) is 3.57. The highest BCUT2D eigenvalue weighted by molar-refractivity contribution is 7.10. The summed E-state index contributed by atoms with van der Waals surface area (Å²) in [4.78, 5) is 44.2. The third-order valence-electron chi connectivity index (χ3n) is 7.10. The summed E-state index contributed by atoms with van der Waals surface area (Å²) in [7, 11) is 1.84. The van der Waals surface area contributed by atoms with E-state index in [-0.39, 0.29) is 36.2 Å². The van der Waals surface area contributed by atoms with Gasteiger partial charge in [0, 0.05) is 36.3 Å². The van der Waals surface area contributed by atoms with Gasteiger partial charge in [0.05, 0.1) is 41.5 Å². The van der Waals surface area contributed by atoms with E-state index in [0.29, 0.717) is 17.7 Å². The van der Waals surface area contributed by atoms with E-state index in [0.717, 1.165) is 41.2 Å². The summed E-state index contributed by atoms with van der Waals surface area (Å²) < 4.78 is 1.73. The van der Waals surface area contributed by atoms with Crippen LogP contribution in [0.2, 0.25) is 0 Å². The Morgan fingerprint density at radius 2 is 2.06 bits per heavy atom. The van der Waals surface area contributed by atoms with Crippen LogP contribution in [0, 0.1) is 12.8 Å². The highest BCUT2D eigenvalue weighted by Gasteiger charge is 2.39. The molecule has 1 aromatic carbocycles. The van der Waals surface area contributed by atoms with Crippen LogP contribution in [0.25, 0.3) is 0 Å². The molecule has 2 unspecified atom stereocenters. The maximum absolute atomic E-state index is 13.5. The maximum atomic E-state index is 13.5. The van der Waals surface area contributed by atoms with Gasteiger partial charge in [-0.3, -0.25) is 24.0 Å². The lowest BCUT2D eigenvalue weighted by Gasteiger charge is -2.35. The highest BCUT2D eigenvalue weighted by Crippen LogP contribution is 2.35. The second-order valence-corrected chi connectivity index (χ2v) is 10.3. The van der Waals surface area contributed by atoms with E-state index in [9.17, 15) is 14.4 Å². The number of thiophene rings is 1. The number of carbonyl (C=O) groups is 3. The number of aromatic nitrogens is 2. The van der Waals surface area contributed by atoms with Crippen LogP contribution >= 0.6 is 11.3 Å². The van der Waals surface area contributed by atoms with Gasteiger partial charge in [0.1, 0.15) is 0 Å². The number of aryl methyl sites for hydroxylation is 1. The van der Waals surface area contributed by atoms with E-state index in [2.05, 4.69) is 15.3 Å². The van der Waals surface area contributed by atoms with Crippen LogP contribution in [0.1, 0.15) is 62.7 Å². The van der Waals surface area contributed by atoms with Gasteiger partial charge >= 0.3 is 0 Å². The van der Waals surface area contributed by atoms with Gasteiger partial charge in [-0.15, -0.1) is 11.3 Å². The lowest BCUT2D eigenvalue weighted by atomic mass is 9.95. The van der Waals surface area contributed by atoms with Gasteiger partial charge in [-0.05, 0) is 50.3 Å². The Morgan fingerprint density at radius 1 is 1.23 bits per heavy atom. The number of rotatable bonds is 6. The van der Waals surface area contributed by atoms with Crippen LogP contribution in [-0.2, 0) is 18.4 Å². The first-order valence-corrected chi connectivity index (χ1v) is 12.8. The van der Waals surface area contributed by atoms with Gasteiger partial charge in [0.2, 0.25) is 5.91 Å². The molecule has 0 aliphatic carbocycles. The molecular formula is C26H29N5O3S. The van der Waals surface area contributed by atoms with Gasteiger partial charge in [0.15, 0.2) is 0 Å². The molecule has 4 heterocycles. The number of imide groups is 1. The number of hydrogen-bond donors (Lipinski definition) is 1. The number of nitrogens with zero attached hydrogens (tertiary/aromatic N) is 4. The third kappa shape index (κ3) is 4.25. The summed E-state index contributed by atoms with van der Waals surface area (Å²) in [6, 6.07) is 9.39. The average molecular weight is 492 g/mol. The topological polar surface area (TPSA) is 87.5 Å². The molecule has 3 amide bonds. The molecule has 3 aromatic rings. The van der Waals surface area contributed by atoms with Crippen molar-refractivity contribution in [3.63, 3.8) is 0 Å². The molecule has 0 spiro atoms. The van der Waals surface area contributed by atoms with Crippen LogP contribution in [0.3, 0.4) is 0 Å². The molecular weight excluding hydrogens is 462 g/mol. The minimum Gasteiger partial charge on any atom is -0.370 e.